The van der Waals surface area contributed by atoms with Crippen molar-refractivity contribution >= 4 is 45.7 Å². The van der Waals surface area contributed by atoms with Crippen molar-refractivity contribution in [3.8, 4) is 0 Å². The van der Waals surface area contributed by atoms with Crippen LogP contribution >= 0.6 is 22.6 Å². The Labute approximate surface area is 166 Å². The van der Waals surface area contributed by atoms with Crippen LogP contribution in [0.4, 0.5) is 40.7 Å². The predicted octanol–water partition coefficient (Wildman–Crippen LogP) is 5.75. The molecule has 0 atom stereocenters. The minimum Gasteiger partial charge on any atom is -0.329 e. The number of rotatable bonds is 4. The molecule has 1 heterocycles. The first-order chi connectivity index (χ1) is 12.7. The van der Waals surface area contributed by atoms with Gasteiger partial charge < -0.3 is 10.2 Å². The van der Waals surface area contributed by atoms with E-state index in [1.165, 1.54) is 36.2 Å². The van der Waals surface area contributed by atoms with Crippen LogP contribution in [0.2, 0.25) is 0 Å². The Bertz CT molecular complexity index is 928. The molecule has 0 amide bonds. The largest absolute Gasteiger partial charge is 0.421 e. The molecule has 0 aliphatic carbocycles. The summed E-state index contributed by atoms with van der Waals surface area (Å²) in [6, 6.07) is 12.3. The van der Waals surface area contributed by atoms with Crippen LogP contribution in [0.5, 0.6) is 0 Å². The zero-order valence-electron chi connectivity index (χ0n) is 13.9. The molecule has 0 spiro atoms. The minimum atomic E-state index is -4.63. The maximum absolute atomic E-state index is 13.4. The summed E-state index contributed by atoms with van der Waals surface area (Å²) in [5.74, 6) is -0.794. The number of alkyl halides is 3. The molecule has 9 heteroatoms. The molecule has 0 aliphatic rings. The van der Waals surface area contributed by atoms with E-state index >= 15 is 0 Å². The number of halogens is 5. The van der Waals surface area contributed by atoms with Gasteiger partial charge in [0.2, 0.25) is 5.95 Å². The monoisotopic (exact) mass is 488 g/mol. The molecule has 140 valence electrons. The van der Waals surface area contributed by atoms with Gasteiger partial charge in [0.1, 0.15) is 11.4 Å². The number of nitrogens with zero attached hydrogens (tertiary/aromatic N) is 3. The molecule has 1 aromatic heterocycles. The molecule has 27 heavy (non-hydrogen) atoms. The number of benzene rings is 2. The number of nitrogens with one attached hydrogen (secondary N) is 1. The van der Waals surface area contributed by atoms with Gasteiger partial charge in [-0.25, -0.2) is 9.37 Å². The number of hydrogen-bond acceptors (Lipinski definition) is 4. The summed E-state index contributed by atoms with van der Waals surface area (Å²) in [6.07, 6.45) is -3.90. The first-order valence-electron chi connectivity index (χ1n) is 7.70. The summed E-state index contributed by atoms with van der Waals surface area (Å²) >= 11 is 2.15. The lowest BCUT2D eigenvalue weighted by atomic mass is 10.2. The second-order valence-electron chi connectivity index (χ2n) is 5.60. The molecular formula is C18H13F4IN4. The number of hydrogen-bond donors (Lipinski definition) is 1. The zero-order chi connectivity index (χ0) is 19.6. The predicted molar refractivity (Wildman–Crippen MR) is 104 cm³/mol. The second kappa shape index (κ2) is 7.67. The van der Waals surface area contributed by atoms with E-state index < -0.39 is 17.6 Å². The summed E-state index contributed by atoms with van der Waals surface area (Å²) in [5, 5.41) is 2.89. The SMILES string of the molecule is CN(c1ccc(F)cc1)c1nc(Nc2ccc(I)cc2)ncc1C(F)(F)F. The van der Waals surface area contributed by atoms with E-state index in [4.69, 9.17) is 0 Å². The Kier molecular flexibility index (Phi) is 5.49. The summed E-state index contributed by atoms with van der Waals surface area (Å²) in [6.45, 7) is 0. The van der Waals surface area contributed by atoms with Gasteiger partial charge in [0.15, 0.2) is 5.82 Å². The van der Waals surface area contributed by atoms with Crippen LogP contribution in [-0.2, 0) is 6.18 Å². The summed E-state index contributed by atoms with van der Waals surface area (Å²) in [5.41, 5.74) is 0.0221. The first-order valence-corrected chi connectivity index (χ1v) is 8.78. The van der Waals surface area contributed by atoms with Crippen LogP contribution in [0, 0.1) is 9.39 Å². The Morgan fingerprint density at radius 1 is 1.00 bits per heavy atom. The molecule has 0 bridgehead atoms. The highest BCUT2D eigenvalue weighted by molar-refractivity contribution is 14.1. The third kappa shape index (κ3) is 4.65. The van der Waals surface area contributed by atoms with Crippen molar-refractivity contribution in [1.29, 1.82) is 0 Å². The maximum atomic E-state index is 13.4. The molecule has 0 saturated heterocycles. The van der Waals surface area contributed by atoms with E-state index in [0.717, 1.165) is 9.77 Å². The van der Waals surface area contributed by atoms with Gasteiger partial charge >= 0.3 is 6.18 Å². The molecule has 1 N–H and O–H groups in total. The van der Waals surface area contributed by atoms with Gasteiger partial charge in [-0.15, -0.1) is 0 Å². The molecule has 0 fully saturated rings. The van der Waals surface area contributed by atoms with Crippen molar-refractivity contribution in [2.24, 2.45) is 0 Å². The van der Waals surface area contributed by atoms with Crippen LogP contribution in [0.25, 0.3) is 0 Å². The molecular weight excluding hydrogens is 475 g/mol. The van der Waals surface area contributed by atoms with E-state index in [1.54, 1.807) is 12.1 Å². The molecule has 0 radical (unpaired) electrons. The minimum absolute atomic E-state index is 0.0215. The highest BCUT2D eigenvalue weighted by Crippen LogP contribution is 2.37. The van der Waals surface area contributed by atoms with Gasteiger partial charge in [0.05, 0.1) is 0 Å². The second-order valence-corrected chi connectivity index (χ2v) is 6.84. The van der Waals surface area contributed by atoms with Gasteiger partial charge in [-0.3, -0.25) is 0 Å². The van der Waals surface area contributed by atoms with E-state index in [9.17, 15) is 17.6 Å². The Morgan fingerprint density at radius 2 is 1.63 bits per heavy atom. The van der Waals surface area contributed by atoms with Gasteiger partial charge in [0, 0.05) is 28.2 Å². The smallest absolute Gasteiger partial charge is 0.329 e. The zero-order valence-corrected chi connectivity index (χ0v) is 16.1. The van der Waals surface area contributed by atoms with Crippen LogP contribution in [0.15, 0.2) is 54.7 Å². The van der Waals surface area contributed by atoms with Crippen molar-refractivity contribution in [1.82, 2.24) is 9.97 Å². The molecule has 3 aromatic rings. The van der Waals surface area contributed by atoms with E-state index in [2.05, 4.69) is 37.9 Å². The van der Waals surface area contributed by atoms with E-state index in [0.29, 0.717) is 11.4 Å². The fourth-order valence-corrected chi connectivity index (χ4v) is 2.70. The van der Waals surface area contributed by atoms with E-state index in [-0.39, 0.29) is 11.8 Å². The van der Waals surface area contributed by atoms with Crippen molar-refractivity contribution in [2.75, 3.05) is 17.3 Å². The fourth-order valence-electron chi connectivity index (χ4n) is 2.34. The van der Waals surface area contributed by atoms with Crippen molar-refractivity contribution in [3.05, 3.63) is 69.7 Å². The quantitative estimate of drug-likeness (QED) is 0.375. The molecule has 0 aliphatic heterocycles. The first kappa shape index (κ1) is 19.3. The average Bonchev–Trinajstić information content (AvgIpc) is 2.63. The molecule has 3 rings (SSSR count). The summed E-state index contributed by atoms with van der Waals surface area (Å²) in [4.78, 5) is 9.07. The molecule has 4 nitrogen and oxygen atoms in total. The normalized spacial score (nSPS) is 11.3. The molecule has 0 saturated carbocycles. The number of anilines is 4. The van der Waals surface area contributed by atoms with Crippen LogP contribution in [0.3, 0.4) is 0 Å². The van der Waals surface area contributed by atoms with E-state index in [1.807, 2.05) is 12.1 Å². The third-order valence-corrected chi connectivity index (χ3v) is 4.43. The van der Waals surface area contributed by atoms with Gasteiger partial charge in [0.25, 0.3) is 0 Å². The van der Waals surface area contributed by atoms with Crippen molar-refractivity contribution < 1.29 is 17.6 Å². The van der Waals surface area contributed by atoms with Crippen molar-refractivity contribution in [2.45, 2.75) is 6.18 Å². The van der Waals surface area contributed by atoms with Crippen LogP contribution < -0.4 is 10.2 Å². The van der Waals surface area contributed by atoms with Crippen LogP contribution in [-0.4, -0.2) is 17.0 Å². The Balaban J connectivity index is 2.00. The van der Waals surface area contributed by atoms with Gasteiger partial charge in [-0.05, 0) is 71.1 Å². The summed E-state index contributed by atoms with van der Waals surface area (Å²) in [7, 11) is 1.43. The van der Waals surface area contributed by atoms with Crippen molar-refractivity contribution in [3.63, 3.8) is 0 Å². The maximum Gasteiger partial charge on any atom is 0.421 e. The Morgan fingerprint density at radius 3 is 2.22 bits per heavy atom. The highest BCUT2D eigenvalue weighted by atomic mass is 127. The number of aromatic nitrogens is 2. The summed E-state index contributed by atoms with van der Waals surface area (Å²) < 4.78 is 54.3. The molecule has 2 aromatic carbocycles. The highest BCUT2D eigenvalue weighted by Gasteiger charge is 2.36. The van der Waals surface area contributed by atoms with Crippen LogP contribution in [0.1, 0.15) is 5.56 Å². The van der Waals surface area contributed by atoms with Gasteiger partial charge in [-0.1, -0.05) is 0 Å². The average molecular weight is 488 g/mol. The lowest BCUT2D eigenvalue weighted by Crippen LogP contribution is -2.19. The standard InChI is InChI=1S/C18H13F4IN4/c1-27(14-8-2-11(19)3-9-14)16-15(18(20,21)22)10-24-17(26-16)25-13-6-4-12(23)5-7-13/h2-10H,1H3,(H,24,25,26). The topological polar surface area (TPSA) is 41.1 Å². The fraction of sp³-hybridized carbons (Fsp3) is 0.111. The molecule has 0 unspecified atom stereocenters. The third-order valence-electron chi connectivity index (χ3n) is 3.71. The Hall–Kier alpha value is -2.43. The lowest BCUT2D eigenvalue weighted by Gasteiger charge is -2.22. The van der Waals surface area contributed by atoms with Gasteiger partial charge in [-0.2, -0.15) is 18.2 Å². The lowest BCUT2D eigenvalue weighted by molar-refractivity contribution is -0.137.